The van der Waals surface area contributed by atoms with Crippen molar-refractivity contribution in [3.05, 3.63) is 0 Å². The van der Waals surface area contributed by atoms with E-state index in [1.165, 1.54) is 0 Å². The third kappa shape index (κ3) is 3.78. The molecule has 1 saturated carbocycles. The molecule has 16 heavy (non-hydrogen) atoms. The minimum absolute atomic E-state index is 0.0945. The minimum Gasteiger partial charge on any atom is -0.461 e. The summed E-state index contributed by atoms with van der Waals surface area (Å²) in [6, 6.07) is -0.521. The maximum Gasteiger partial charge on any atom is 0.323 e. The zero-order valence-corrected chi connectivity index (χ0v) is 11.0. The van der Waals surface area contributed by atoms with E-state index >= 15 is 0 Å². The van der Waals surface area contributed by atoms with Crippen LogP contribution in [-0.2, 0) is 9.53 Å². The summed E-state index contributed by atoms with van der Waals surface area (Å²) in [6.07, 6.45) is 4.39. The highest BCUT2D eigenvalue weighted by molar-refractivity contribution is 5.76. The third-order valence-electron chi connectivity index (χ3n) is 3.43. The summed E-state index contributed by atoms with van der Waals surface area (Å²) >= 11 is 0. The standard InChI is InChI=1S/C13H25NO2/c1-9-5-7-10(8-6-9)16-12(15)11(14)13(2,3)4/h9-11H,5-8,14H2,1-4H3/t9?,10?,11-/m1/s1. The molecule has 0 aromatic carbocycles. The lowest BCUT2D eigenvalue weighted by Gasteiger charge is -2.30. The molecule has 3 nitrogen and oxygen atoms in total. The first-order chi connectivity index (χ1) is 7.30. The van der Waals surface area contributed by atoms with E-state index in [9.17, 15) is 4.79 Å². The van der Waals surface area contributed by atoms with E-state index in [0.29, 0.717) is 0 Å². The lowest BCUT2D eigenvalue weighted by Crippen LogP contribution is -2.44. The minimum atomic E-state index is -0.521. The fourth-order valence-electron chi connectivity index (χ4n) is 1.94. The summed E-state index contributed by atoms with van der Waals surface area (Å²) in [5.74, 6) is 0.526. The molecule has 94 valence electrons. The first kappa shape index (κ1) is 13.5. The van der Waals surface area contributed by atoms with Crippen molar-refractivity contribution in [3.63, 3.8) is 0 Å². The highest BCUT2D eigenvalue weighted by Crippen LogP contribution is 2.27. The fourth-order valence-corrected chi connectivity index (χ4v) is 1.94. The maximum absolute atomic E-state index is 11.8. The van der Waals surface area contributed by atoms with Crippen LogP contribution in [-0.4, -0.2) is 18.1 Å². The quantitative estimate of drug-likeness (QED) is 0.737. The van der Waals surface area contributed by atoms with Crippen molar-refractivity contribution < 1.29 is 9.53 Å². The molecule has 0 bridgehead atoms. The molecule has 3 heteroatoms. The van der Waals surface area contributed by atoms with Crippen LogP contribution < -0.4 is 5.73 Å². The lowest BCUT2D eigenvalue weighted by atomic mass is 9.87. The van der Waals surface area contributed by atoms with E-state index in [1.54, 1.807) is 0 Å². The second-order valence-electron chi connectivity index (χ2n) is 6.16. The smallest absolute Gasteiger partial charge is 0.323 e. The van der Waals surface area contributed by atoms with Gasteiger partial charge in [0.15, 0.2) is 0 Å². The van der Waals surface area contributed by atoms with Gasteiger partial charge in [0.2, 0.25) is 0 Å². The van der Waals surface area contributed by atoms with E-state index in [0.717, 1.165) is 31.6 Å². The molecule has 0 radical (unpaired) electrons. The van der Waals surface area contributed by atoms with E-state index < -0.39 is 6.04 Å². The van der Waals surface area contributed by atoms with Crippen LogP contribution >= 0.6 is 0 Å². The number of hydrogen-bond acceptors (Lipinski definition) is 3. The fraction of sp³-hybridized carbons (Fsp3) is 0.923. The van der Waals surface area contributed by atoms with Gasteiger partial charge in [-0.3, -0.25) is 4.79 Å². The number of rotatable bonds is 2. The van der Waals surface area contributed by atoms with Crippen molar-refractivity contribution in [2.45, 2.75) is 65.5 Å². The van der Waals surface area contributed by atoms with Gasteiger partial charge in [-0.15, -0.1) is 0 Å². The van der Waals surface area contributed by atoms with E-state index in [-0.39, 0.29) is 17.5 Å². The molecular formula is C13H25NO2. The Hall–Kier alpha value is -0.570. The predicted octanol–water partition coefficient (Wildman–Crippen LogP) is 2.48. The Morgan fingerprint density at radius 1 is 1.25 bits per heavy atom. The molecule has 0 unspecified atom stereocenters. The van der Waals surface area contributed by atoms with Crippen molar-refractivity contribution in [1.29, 1.82) is 0 Å². The summed E-state index contributed by atoms with van der Waals surface area (Å²) in [6.45, 7) is 8.13. The van der Waals surface area contributed by atoms with Crippen LogP contribution in [0.5, 0.6) is 0 Å². The molecule has 1 rings (SSSR count). The molecule has 1 atom stereocenters. The van der Waals surface area contributed by atoms with Crippen molar-refractivity contribution in [2.75, 3.05) is 0 Å². The molecule has 0 spiro atoms. The Kier molecular flexibility index (Phi) is 4.36. The van der Waals surface area contributed by atoms with Gasteiger partial charge in [-0.1, -0.05) is 27.7 Å². The van der Waals surface area contributed by atoms with Crippen molar-refractivity contribution in [2.24, 2.45) is 17.1 Å². The normalized spacial score (nSPS) is 28.6. The molecule has 1 fully saturated rings. The zero-order chi connectivity index (χ0) is 12.3. The number of nitrogens with two attached hydrogens (primary N) is 1. The van der Waals surface area contributed by atoms with Gasteiger partial charge in [-0.25, -0.2) is 0 Å². The topological polar surface area (TPSA) is 52.3 Å². The highest BCUT2D eigenvalue weighted by Gasteiger charge is 2.31. The van der Waals surface area contributed by atoms with Crippen LogP contribution in [0.2, 0.25) is 0 Å². The second-order valence-corrected chi connectivity index (χ2v) is 6.16. The number of ether oxygens (including phenoxy) is 1. The molecule has 0 aromatic rings. The molecule has 0 heterocycles. The monoisotopic (exact) mass is 227 g/mol. The summed E-state index contributed by atoms with van der Waals surface area (Å²) in [5, 5.41) is 0. The van der Waals surface area contributed by atoms with Crippen molar-refractivity contribution in [3.8, 4) is 0 Å². The molecular weight excluding hydrogens is 202 g/mol. The first-order valence-electron chi connectivity index (χ1n) is 6.26. The van der Waals surface area contributed by atoms with Gasteiger partial charge in [0.1, 0.15) is 12.1 Å². The largest absolute Gasteiger partial charge is 0.461 e. The maximum atomic E-state index is 11.8. The van der Waals surface area contributed by atoms with E-state index in [4.69, 9.17) is 10.5 Å². The molecule has 0 aliphatic heterocycles. The predicted molar refractivity (Wildman–Crippen MR) is 64.9 cm³/mol. The number of carbonyl (C=O) groups is 1. The van der Waals surface area contributed by atoms with Crippen LogP contribution in [0.3, 0.4) is 0 Å². The van der Waals surface area contributed by atoms with Gasteiger partial charge in [0, 0.05) is 0 Å². The van der Waals surface area contributed by atoms with Gasteiger partial charge >= 0.3 is 5.97 Å². The highest BCUT2D eigenvalue weighted by atomic mass is 16.5. The van der Waals surface area contributed by atoms with Crippen LogP contribution in [0, 0.1) is 11.3 Å². The van der Waals surface area contributed by atoms with E-state index in [1.807, 2.05) is 20.8 Å². The number of esters is 1. The van der Waals surface area contributed by atoms with Crippen molar-refractivity contribution >= 4 is 5.97 Å². The zero-order valence-electron chi connectivity index (χ0n) is 11.0. The van der Waals surface area contributed by atoms with Crippen LogP contribution in [0.25, 0.3) is 0 Å². The van der Waals surface area contributed by atoms with Gasteiger partial charge in [0.25, 0.3) is 0 Å². The summed E-state index contributed by atoms with van der Waals surface area (Å²) < 4.78 is 5.46. The molecule has 0 aromatic heterocycles. The molecule has 0 saturated heterocycles. The van der Waals surface area contributed by atoms with Gasteiger partial charge in [0.05, 0.1) is 0 Å². The molecule has 0 amide bonds. The molecule has 2 N–H and O–H groups in total. The van der Waals surface area contributed by atoms with Gasteiger partial charge < -0.3 is 10.5 Å². The third-order valence-corrected chi connectivity index (χ3v) is 3.43. The second kappa shape index (κ2) is 5.17. The average molecular weight is 227 g/mol. The van der Waals surface area contributed by atoms with Crippen molar-refractivity contribution in [1.82, 2.24) is 0 Å². The molecule has 1 aliphatic carbocycles. The number of hydrogen-bond donors (Lipinski definition) is 1. The summed E-state index contributed by atoms with van der Waals surface area (Å²) in [7, 11) is 0. The van der Waals surface area contributed by atoms with Crippen LogP contribution in [0.15, 0.2) is 0 Å². The Morgan fingerprint density at radius 3 is 2.19 bits per heavy atom. The summed E-state index contributed by atoms with van der Waals surface area (Å²) in [4.78, 5) is 11.8. The first-order valence-corrected chi connectivity index (χ1v) is 6.26. The van der Waals surface area contributed by atoms with E-state index in [2.05, 4.69) is 6.92 Å². The van der Waals surface area contributed by atoms with Crippen LogP contribution in [0.4, 0.5) is 0 Å². The average Bonchev–Trinajstić information content (AvgIpc) is 2.19. The van der Waals surface area contributed by atoms with Gasteiger partial charge in [-0.05, 0) is 37.0 Å². The Balaban J connectivity index is 2.40. The summed E-state index contributed by atoms with van der Waals surface area (Å²) in [5.41, 5.74) is 5.64. The Bertz CT molecular complexity index is 237. The lowest BCUT2D eigenvalue weighted by molar-refractivity contribution is -0.155. The Morgan fingerprint density at radius 2 is 1.75 bits per heavy atom. The van der Waals surface area contributed by atoms with Crippen LogP contribution in [0.1, 0.15) is 53.4 Å². The van der Waals surface area contributed by atoms with Gasteiger partial charge in [-0.2, -0.15) is 0 Å². The Labute approximate surface area is 98.7 Å². The SMILES string of the molecule is CC1CCC(OC(=O)[C@@H](N)C(C)(C)C)CC1. The number of carbonyl (C=O) groups excluding carboxylic acids is 1. The molecule has 1 aliphatic rings.